The van der Waals surface area contributed by atoms with Crippen LogP contribution in [0.4, 0.5) is 5.69 Å². The first-order chi connectivity index (χ1) is 11.3. The van der Waals surface area contributed by atoms with Crippen LogP contribution in [0.2, 0.25) is 0 Å². The average Bonchev–Trinajstić information content (AvgIpc) is 3.13. The molecule has 1 saturated carbocycles. The molecule has 0 aromatic heterocycles. The number of para-hydroxylation sites is 1. The van der Waals surface area contributed by atoms with Gasteiger partial charge in [-0.3, -0.25) is 4.90 Å². The van der Waals surface area contributed by atoms with Crippen LogP contribution in [0.25, 0.3) is 0 Å². The van der Waals surface area contributed by atoms with E-state index < -0.39 is 0 Å². The Kier molecular flexibility index (Phi) is 2.96. The lowest BCUT2D eigenvalue weighted by Crippen LogP contribution is -2.64. The number of nitrogens with zero attached hydrogens (tertiary/aromatic N) is 2. The van der Waals surface area contributed by atoms with E-state index in [0.717, 1.165) is 18.6 Å². The van der Waals surface area contributed by atoms with Gasteiger partial charge in [0.1, 0.15) is 0 Å². The molecule has 5 rings (SSSR count). The first kappa shape index (κ1) is 14.3. The third kappa shape index (κ3) is 1.54. The topological polar surface area (TPSA) is 6.48 Å². The molecule has 0 radical (unpaired) electrons. The minimum Gasteiger partial charge on any atom is -0.368 e. The van der Waals surface area contributed by atoms with Crippen LogP contribution in [0.5, 0.6) is 0 Å². The van der Waals surface area contributed by atoms with Crippen molar-refractivity contribution in [3.05, 3.63) is 29.8 Å². The highest BCUT2D eigenvalue weighted by atomic mass is 15.3. The quantitative estimate of drug-likeness (QED) is 0.808. The maximum Gasteiger partial charge on any atom is 0.0408 e. The molecule has 4 atom stereocenters. The lowest BCUT2D eigenvalue weighted by molar-refractivity contribution is -0.0341. The summed E-state index contributed by atoms with van der Waals surface area (Å²) in [5, 5.41) is 0. The molecular formula is C21H30N2. The predicted octanol–water partition coefficient (Wildman–Crippen LogP) is 4.19. The van der Waals surface area contributed by atoms with Gasteiger partial charge in [-0.05, 0) is 75.6 Å². The molecule has 2 heteroatoms. The van der Waals surface area contributed by atoms with Gasteiger partial charge in [-0.15, -0.1) is 0 Å². The summed E-state index contributed by atoms with van der Waals surface area (Å²) in [5.41, 5.74) is 4.25. The lowest BCUT2D eigenvalue weighted by atomic mass is 9.52. The number of hydrogen-bond donors (Lipinski definition) is 0. The maximum absolute atomic E-state index is 2.90. The Balaban J connectivity index is 1.73. The monoisotopic (exact) mass is 310 g/mol. The second kappa shape index (κ2) is 4.75. The number of likely N-dealkylation sites (N-methyl/N-ethyl adjacent to an activating group) is 1. The zero-order valence-electron chi connectivity index (χ0n) is 14.7. The number of piperidine rings is 1. The van der Waals surface area contributed by atoms with Crippen LogP contribution in [0.1, 0.15) is 57.9 Å². The number of benzene rings is 1. The fourth-order valence-corrected chi connectivity index (χ4v) is 7.28. The van der Waals surface area contributed by atoms with Gasteiger partial charge in [-0.25, -0.2) is 0 Å². The maximum atomic E-state index is 2.90. The summed E-state index contributed by atoms with van der Waals surface area (Å²) in [6, 6.07) is 10.9. The number of anilines is 1. The second-order valence-electron chi connectivity index (χ2n) is 8.41. The summed E-state index contributed by atoms with van der Waals surface area (Å²) < 4.78 is 0. The zero-order valence-corrected chi connectivity index (χ0v) is 14.7. The molecule has 3 fully saturated rings. The van der Waals surface area contributed by atoms with E-state index in [9.17, 15) is 0 Å². The molecule has 1 aromatic carbocycles. The molecule has 124 valence electrons. The molecule has 0 N–H and O–H groups in total. The summed E-state index contributed by atoms with van der Waals surface area (Å²) in [6.07, 6.45) is 8.49. The molecule has 0 unspecified atom stereocenters. The van der Waals surface area contributed by atoms with Crippen LogP contribution >= 0.6 is 0 Å². The van der Waals surface area contributed by atoms with E-state index in [1.807, 2.05) is 0 Å². The van der Waals surface area contributed by atoms with E-state index >= 15 is 0 Å². The van der Waals surface area contributed by atoms with E-state index in [-0.39, 0.29) is 0 Å². The SMILES string of the molecule is CCN1c2ccccc2[C@@]23CCN4CCC[C@@](CC)(CC[C@H]12)[C@H]43. The van der Waals surface area contributed by atoms with Crippen molar-refractivity contribution in [3.8, 4) is 0 Å². The van der Waals surface area contributed by atoms with Gasteiger partial charge in [0.2, 0.25) is 0 Å². The standard InChI is InChI=1S/C21H30N2/c1-3-20-11-7-14-22-15-13-21(19(20)22)16-8-5-6-9-17(16)23(4-2)18(21)10-12-20/h5-6,8-9,18-19H,3-4,7,10-15H2,1-2H3/t18-,19-,20-,21-/m0/s1. The Bertz CT molecular complexity index is 626. The lowest BCUT2D eigenvalue weighted by Gasteiger charge is -2.58. The normalized spacial score (nSPS) is 41.6. The molecule has 2 nitrogen and oxygen atoms in total. The summed E-state index contributed by atoms with van der Waals surface area (Å²) in [5.74, 6) is 0. The Morgan fingerprint density at radius 2 is 1.96 bits per heavy atom. The summed E-state index contributed by atoms with van der Waals surface area (Å²) >= 11 is 0. The largest absolute Gasteiger partial charge is 0.368 e. The Hall–Kier alpha value is -1.02. The molecule has 3 heterocycles. The molecule has 1 aromatic rings. The van der Waals surface area contributed by atoms with Crippen LogP contribution in [0.3, 0.4) is 0 Å². The van der Waals surface area contributed by atoms with Crippen molar-refractivity contribution >= 4 is 5.69 Å². The van der Waals surface area contributed by atoms with Crippen LogP contribution in [-0.2, 0) is 5.41 Å². The van der Waals surface area contributed by atoms with Crippen molar-refractivity contribution < 1.29 is 0 Å². The van der Waals surface area contributed by atoms with E-state index in [0.29, 0.717) is 10.8 Å². The predicted molar refractivity (Wildman–Crippen MR) is 96.1 cm³/mol. The number of hydrogen-bond acceptors (Lipinski definition) is 2. The molecule has 2 saturated heterocycles. The first-order valence-electron chi connectivity index (χ1n) is 9.87. The zero-order chi connectivity index (χ0) is 15.7. The minimum absolute atomic E-state index is 0.418. The van der Waals surface area contributed by atoms with Gasteiger partial charge in [0.05, 0.1) is 0 Å². The fourth-order valence-electron chi connectivity index (χ4n) is 7.28. The third-order valence-electron chi connectivity index (χ3n) is 8.01. The molecular weight excluding hydrogens is 280 g/mol. The highest BCUT2D eigenvalue weighted by Gasteiger charge is 2.67. The molecule has 23 heavy (non-hydrogen) atoms. The number of rotatable bonds is 2. The molecule has 3 aliphatic heterocycles. The summed E-state index contributed by atoms with van der Waals surface area (Å²) in [6.45, 7) is 8.65. The van der Waals surface area contributed by atoms with Gasteiger partial charge in [0.25, 0.3) is 0 Å². The van der Waals surface area contributed by atoms with Gasteiger partial charge >= 0.3 is 0 Å². The molecule has 1 aliphatic carbocycles. The Morgan fingerprint density at radius 3 is 2.78 bits per heavy atom. The van der Waals surface area contributed by atoms with Crippen molar-refractivity contribution in [1.82, 2.24) is 4.90 Å². The highest BCUT2D eigenvalue weighted by Crippen LogP contribution is 2.65. The van der Waals surface area contributed by atoms with E-state index in [1.165, 1.54) is 51.6 Å². The van der Waals surface area contributed by atoms with Crippen molar-refractivity contribution in [3.63, 3.8) is 0 Å². The minimum atomic E-state index is 0.418. The van der Waals surface area contributed by atoms with Crippen molar-refractivity contribution in [2.24, 2.45) is 5.41 Å². The van der Waals surface area contributed by atoms with Gasteiger partial charge in [0.15, 0.2) is 0 Å². The van der Waals surface area contributed by atoms with E-state index in [2.05, 4.69) is 47.9 Å². The van der Waals surface area contributed by atoms with Crippen LogP contribution in [0, 0.1) is 5.41 Å². The van der Waals surface area contributed by atoms with Gasteiger partial charge in [-0.2, -0.15) is 0 Å². The van der Waals surface area contributed by atoms with Gasteiger partial charge in [-0.1, -0.05) is 25.1 Å². The van der Waals surface area contributed by atoms with Gasteiger partial charge < -0.3 is 4.90 Å². The third-order valence-corrected chi connectivity index (χ3v) is 8.01. The Morgan fingerprint density at radius 1 is 1.09 bits per heavy atom. The molecule has 0 bridgehead atoms. The number of fused-ring (bicyclic) bond motifs is 1. The molecule has 0 amide bonds. The highest BCUT2D eigenvalue weighted by molar-refractivity contribution is 5.66. The smallest absolute Gasteiger partial charge is 0.0408 e. The van der Waals surface area contributed by atoms with Gasteiger partial charge in [0, 0.05) is 29.7 Å². The summed E-state index contributed by atoms with van der Waals surface area (Å²) in [7, 11) is 0. The average molecular weight is 310 g/mol. The van der Waals surface area contributed by atoms with Crippen LogP contribution in [0.15, 0.2) is 24.3 Å². The van der Waals surface area contributed by atoms with E-state index in [1.54, 1.807) is 11.3 Å². The van der Waals surface area contributed by atoms with Crippen LogP contribution in [-0.4, -0.2) is 36.6 Å². The second-order valence-corrected chi connectivity index (χ2v) is 8.41. The van der Waals surface area contributed by atoms with Crippen LogP contribution < -0.4 is 4.90 Å². The van der Waals surface area contributed by atoms with Crippen molar-refractivity contribution in [2.75, 3.05) is 24.5 Å². The van der Waals surface area contributed by atoms with E-state index in [4.69, 9.17) is 0 Å². The van der Waals surface area contributed by atoms with Crippen molar-refractivity contribution in [2.45, 2.75) is 69.9 Å². The molecule has 4 aliphatic rings. The first-order valence-corrected chi connectivity index (χ1v) is 9.87. The Labute approximate surface area is 140 Å². The summed E-state index contributed by atoms with van der Waals surface area (Å²) in [4.78, 5) is 5.65. The van der Waals surface area contributed by atoms with Crippen molar-refractivity contribution in [1.29, 1.82) is 0 Å². The molecule has 1 spiro atoms. The fraction of sp³-hybridized carbons (Fsp3) is 0.714.